The third kappa shape index (κ3) is 2.48. The van der Waals surface area contributed by atoms with Crippen LogP contribution in [0, 0.1) is 6.92 Å². The molecule has 78 valence electrons. The molecule has 0 bridgehead atoms. The minimum atomic E-state index is -4.36. The minimum Gasteiger partial charge on any atom is -0.364 e. The van der Waals surface area contributed by atoms with Crippen molar-refractivity contribution in [2.24, 2.45) is 5.73 Å². The van der Waals surface area contributed by atoms with Crippen LogP contribution < -0.4 is 5.73 Å². The molecule has 7 heteroatoms. The molecule has 1 amide bonds. The lowest BCUT2D eigenvalue weighted by molar-refractivity contribution is -0.142. The van der Waals surface area contributed by atoms with Gasteiger partial charge in [-0.3, -0.25) is 9.48 Å². The van der Waals surface area contributed by atoms with E-state index in [0.717, 1.165) is 0 Å². The Bertz CT molecular complexity index is 356. The summed E-state index contributed by atoms with van der Waals surface area (Å²) in [5, 5.41) is 3.42. The number of primary amides is 1. The molecule has 2 N–H and O–H groups in total. The van der Waals surface area contributed by atoms with Crippen molar-refractivity contribution in [2.45, 2.75) is 19.6 Å². The monoisotopic (exact) mass is 207 g/mol. The fraction of sp³-hybridized carbons (Fsp3) is 0.429. The number of carbonyl (C=O) groups is 1. The van der Waals surface area contributed by atoms with Gasteiger partial charge in [-0.15, -0.1) is 0 Å². The summed E-state index contributed by atoms with van der Waals surface area (Å²) < 4.78 is 36.6. The number of halogens is 3. The van der Waals surface area contributed by atoms with E-state index in [4.69, 9.17) is 5.73 Å². The van der Waals surface area contributed by atoms with Gasteiger partial charge in [-0.05, 0) is 13.0 Å². The summed E-state index contributed by atoms with van der Waals surface area (Å²) in [5.74, 6) is -0.839. The highest BCUT2D eigenvalue weighted by molar-refractivity contribution is 5.90. The van der Waals surface area contributed by atoms with E-state index in [-0.39, 0.29) is 11.4 Å². The molecule has 1 heterocycles. The molecule has 4 nitrogen and oxygen atoms in total. The van der Waals surface area contributed by atoms with E-state index >= 15 is 0 Å². The van der Waals surface area contributed by atoms with Crippen LogP contribution >= 0.6 is 0 Å². The largest absolute Gasteiger partial charge is 0.408 e. The Hall–Kier alpha value is -1.53. The van der Waals surface area contributed by atoms with E-state index in [1.165, 1.54) is 13.0 Å². The number of amides is 1. The Morgan fingerprint density at radius 3 is 2.57 bits per heavy atom. The lowest BCUT2D eigenvalue weighted by Crippen LogP contribution is -2.20. The maximum absolute atomic E-state index is 12.0. The molecule has 0 aliphatic rings. The Morgan fingerprint density at radius 1 is 1.64 bits per heavy atom. The van der Waals surface area contributed by atoms with Crippen LogP contribution in [-0.2, 0) is 6.54 Å². The van der Waals surface area contributed by atoms with E-state index in [1.807, 2.05) is 0 Å². The molecule has 0 aliphatic heterocycles. The number of aryl methyl sites for hydroxylation is 1. The fourth-order valence-corrected chi connectivity index (χ4v) is 0.960. The maximum Gasteiger partial charge on any atom is 0.408 e. The topological polar surface area (TPSA) is 60.9 Å². The summed E-state index contributed by atoms with van der Waals surface area (Å²) in [5.41, 5.74) is 4.95. The molecule has 0 aliphatic carbocycles. The molecular weight excluding hydrogens is 199 g/mol. The van der Waals surface area contributed by atoms with Crippen LogP contribution in [0.5, 0.6) is 0 Å². The Kier molecular flexibility index (Phi) is 2.50. The number of rotatable bonds is 2. The van der Waals surface area contributed by atoms with E-state index in [0.29, 0.717) is 4.68 Å². The predicted molar refractivity (Wildman–Crippen MR) is 41.5 cm³/mol. The zero-order valence-corrected chi connectivity index (χ0v) is 7.30. The average molecular weight is 207 g/mol. The van der Waals surface area contributed by atoms with E-state index < -0.39 is 18.6 Å². The zero-order valence-electron chi connectivity index (χ0n) is 7.30. The van der Waals surface area contributed by atoms with Crippen molar-refractivity contribution < 1.29 is 18.0 Å². The van der Waals surface area contributed by atoms with Crippen LogP contribution in [0.1, 0.15) is 16.2 Å². The standard InChI is InChI=1S/C7H8F3N3O/c1-4-2-5(6(11)14)12-13(4)3-7(8,9)10/h2H,3H2,1H3,(H2,11,14). The first-order valence-electron chi connectivity index (χ1n) is 3.70. The molecule has 0 aromatic carbocycles. The highest BCUT2D eigenvalue weighted by Crippen LogP contribution is 2.18. The average Bonchev–Trinajstić information content (AvgIpc) is 2.29. The van der Waals surface area contributed by atoms with Crippen molar-refractivity contribution in [1.82, 2.24) is 9.78 Å². The SMILES string of the molecule is Cc1cc(C(N)=O)nn1CC(F)(F)F. The first kappa shape index (κ1) is 10.6. The summed E-state index contributed by atoms with van der Waals surface area (Å²) in [6, 6.07) is 1.22. The number of nitrogens with two attached hydrogens (primary N) is 1. The van der Waals surface area contributed by atoms with Crippen LogP contribution in [0.2, 0.25) is 0 Å². The van der Waals surface area contributed by atoms with Gasteiger partial charge in [-0.25, -0.2) is 0 Å². The van der Waals surface area contributed by atoms with Crippen LogP contribution in [0.3, 0.4) is 0 Å². The van der Waals surface area contributed by atoms with Crippen molar-refractivity contribution in [3.05, 3.63) is 17.5 Å². The number of alkyl halides is 3. The molecule has 0 saturated carbocycles. The van der Waals surface area contributed by atoms with Gasteiger partial charge in [0.05, 0.1) is 0 Å². The Balaban J connectivity index is 2.94. The first-order valence-corrected chi connectivity index (χ1v) is 3.70. The van der Waals surface area contributed by atoms with Gasteiger partial charge in [0, 0.05) is 5.69 Å². The van der Waals surface area contributed by atoms with Gasteiger partial charge in [0.25, 0.3) is 5.91 Å². The summed E-state index contributed by atoms with van der Waals surface area (Å²) >= 11 is 0. The lowest BCUT2D eigenvalue weighted by atomic mass is 10.3. The van der Waals surface area contributed by atoms with Crippen LogP contribution in [-0.4, -0.2) is 21.9 Å². The molecule has 0 radical (unpaired) electrons. The second-order valence-corrected chi connectivity index (χ2v) is 2.81. The number of carbonyl (C=O) groups excluding carboxylic acids is 1. The predicted octanol–water partition coefficient (Wildman–Crippen LogP) is 0.853. The van der Waals surface area contributed by atoms with Gasteiger partial charge >= 0.3 is 6.18 Å². The lowest BCUT2D eigenvalue weighted by Gasteiger charge is -2.07. The van der Waals surface area contributed by atoms with E-state index in [9.17, 15) is 18.0 Å². The van der Waals surface area contributed by atoms with Crippen LogP contribution in [0.25, 0.3) is 0 Å². The quantitative estimate of drug-likeness (QED) is 0.781. The van der Waals surface area contributed by atoms with Gasteiger partial charge in [0.1, 0.15) is 12.2 Å². The molecule has 0 saturated heterocycles. The molecule has 1 aromatic rings. The molecule has 0 atom stereocenters. The fourth-order valence-electron chi connectivity index (χ4n) is 0.960. The normalized spacial score (nSPS) is 11.7. The molecular formula is C7H8F3N3O. The molecule has 0 fully saturated rings. The molecule has 1 rings (SSSR count). The smallest absolute Gasteiger partial charge is 0.364 e. The van der Waals surface area contributed by atoms with Gasteiger partial charge in [0.15, 0.2) is 0 Å². The number of hydrogen-bond acceptors (Lipinski definition) is 2. The summed E-state index contributed by atoms with van der Waals surface area (Å²) in [7, 11) is 0. The summed E-state index contributed by atoms with van der Waals surface area (Å²) in [6.07, 6.45) is -4.36. The van der Waals surface area contributed by atoms with Crippen molar-refractivity contribution in [1.29, 1.82) is 0 Å². The second kappa shape index (κ2) is 3.32. The summed E-state index contributed by atoms with van der Waals surface area (Å²) in [4.78, 5) is 10.6. The minimum absolute atomic E-state index is 0.160. The Labute approximate surface area is 77.5 Å². The van der Waals surface area contributed by atoms with Crippen LogP contribution in [0.4, 0.5) is 13.2 Å². The third-order valence-electron chi connectivity index (χ3n) is 1.56. The summed E-state index contributed by atoms with van der Waals surface area (Å²) in [6.45, 7) is 0.206. The van der Waals surface area contributed by atoms with Crippen LogP contribution in [0.15, 0.2) is 6.07 Å². The van der Waals surface area contributed by atoms with Crippen molar-refractivity contribution in [3.63, 3.8) is 0 Å². The highest BCUT2D eigenvalue weighted by Gasteiger charge is 2.29. The second-order valence-electron chi connectivity index (χ2n) is 2.81. The number of hydrogen-bond donors (Lipinski definition) is 1. The first-order chi connectivity index (χ1) is 6.29. The van der Waals surface area contributed by atoms with Gasteiger partial charge in [0.2, 0.25) is 0 Å². The molecule has 0 spiro atoms. The van der Waals surface area contributed by atoms with Crippen molar-refractivity contribution >= 4 is 5.91 Å². The van der Waals surface area contributed by atoms with Gasteiger partial charge < -0.3 is 5.73 Å². The zero-order chi connectivity index (χ0) is 10.9. The van der Waals surface area contributed by atoms with Gasteiger partial charge in [-0.1, -0.05) is 0 Å². The number of aromatic nitrogens is 2. The third-order valence-corrected chi connectivity index (χ3v) is 1.56. The van der Waals surface area contributed by atoms with Gasteiger partial charge in [-0.2, -0.15) is 18.3 Å². The molecule has 14 heavy (non-hydrogen) atoms. The molecule has 0 unspecified atom stereocenters. The highest BCUT2D eigenvalue weighted by atomic mass is 19.4. The maximum atomic E-state index is 12.0. The number of nitrogens with zero attached hydrogens (tertiary/aromatic N) is 2. The molecule has 1 aromatic heterocycles. The van der Waals surface area contributed by atoms with E-state index in [2.05, 4.69) is 5.10 Å². The Morgan fingerprint density at radius 2 is 2.21 bits per heavy atom. The van der Waals surface area contributed by atoms with E-state index in [1.54, 1.807) is 0 Å². The van der Waals surface area contributed by atoms with Crippen molar-refractivity contribution in [3.8, 4) is 0 Å². The van der Waals surface area contributed by atoms with Crippen molar-refractivity contribution in [2.75, 3.05) is 0 Å².